The first-order valence-electron chi connectivity index (χ1n) is 6.16. The van der Waals surface area contributed by atoms with E-state index in [4.69, 9.17) is 10.9 Å². The van der Waals surface area contributed by atoms with E-state index in [0.29, 0.717) is 0 Å². The number of hydrogen-bond acceptors (Lipinski definition) is 3. The molecule has 0 radical (unpaired) electrons. The van der Waals surface area contributed by atoms with Crippen LogP contribution in [0, 0.1) is 17.0 Å². The van der Waals surface area contributed by atoms with Crippen molar-refractivity contribution in [1.29, 1.82) is 0 Å². The molecule has 0 unspecified atom stereocenters. The molecule has 4 N–H and O–H groups in total. The van der Waals surface area contributed by atoms with Crippen LogP contribution in [0.25, 0.3) is 0 Å². The van der Waals surface area contributed by atoms with Gasteiger partial charge in [-0.05, 0) is 25.0 Å². The smallest absolute Gasteiger partial charge is 0.238 e. The fourth-order valence-corrected chi connectivity index (χ4v) is 1.99. The molecule has 0 atom stereocenters. The second-order valence-corrected chi connectivity index (χ2v) is 4.33. The lowest BCUT2D eigenvalue weighted by Crippen LogP contribution is -2.46. The Balaban J connectivity index is 3.13. The molecule has 1 amide bonds. The Hall–Kier alpha value is -2.18. The minimum absolute atomic E-state index is 0.252. The van der Waals surface area contributed by atoms with Crippen molar-refractivity contribution in [3.8, 4) is 0 Å². The quantitative estimate of drug-likeness (QED) is 0.336. The molecule has 110 valence electrons. The van der Waals surface area contributed by atoms with Gasteiger partial charge in [-0.2, -0.15) is 0 Å². The van der Waals surface area contributed by atoms with Crippen LogP contribution in [0.5, 0.6) is 0 Å². The van der Waals surface area contributed by atoms with E-state index >= 15 is 0 Å². The van der Waals surface area contributed by atoms with Crippen molar-refractivity contribution in [2.24, 2.45) is 16.3 Å². The number of rotatable bonds is 5. The number of amides is 1. The Kier molecular flexibility index (Phi) is 5.01. The highest BCUT2D eigenvalue weighted by Crippen LogP contribution is 2.29. The van der Waals surface area contributed by atoms with Gasteiger partial charge in [0.25, 0.3) is 0 Å². The molecular weight excluding hydrogens is 268 g/mol. The predicted molar refractivity (Wildman–Crippen MR) is 71.4 cm³/mol. The highest BCUT2D eigenvalue weighted by Gasteiger charge is 2.40. The van der Waals surface area contributed by atoms with Crippen LogP contribution in [-0.2, 0) is 4.79 Å². The third kappa shape index (κ3) is 2.71. The maximum Gasteiger partial charge on any atom is 0.238 e. The summed E-state index contributed by atoms with van der Waals surface area (Å²) < 4.78 is 26.6. The lowest BCUT2D eigenvalue weighted by Gasteiger charge is -2.28. The first-order chi connectivity index (χ1) is 9.42. The van der Waals surface area contributed by atoms with Crippen LogP contribution in [0.4, 0.5) is 14.5 Å². The number of amidine groups is 1. The fourth-order valence-electron chi connectivity index (χ4n) is 1.99. The van der Waals surface area contributed by atoms with Crippen LogP contribution < -0.4 is 11.1 Å². The molecule has 1 aromatic rings. The maximum atomic E-state index is 13.5. The monoisotopic (exact) mass is 285 g/mol. The summed E-state index contributed by atoms with van der Waals surface area (Å²) in [5, 5.41) is 13.9. The number of benzene rings is 1. The van der Waals surface area contributed by atoms with Gasteiger partial charge in [-0.3, -0.25) is 4.79 Å². The fraction of sp³-hybridized carbons (Fsp3) is 0.385. The molecule has 7 heteroatoms. The second-order valence-electron chi connectivity index (χ2n) is 4.33. The highest BCUT2D eigenvalue weighted by atomic mass is 19.2. The van der Waals surface area contributed by atoms with Crippen LogP contribution in [0.2, 0.25) is 0 Å². The molecule has 0 aromatic heterocycles. The van der Waals surface area contributed by atoms with E-state index in [1.807, 2.05) is 0 Å². The summed E-state index contributed by atoms with van der Waals surface area (Å²) in [6.45, 7) is 3.37. The SMILES string of the molecule is CCC(CC)(C(=O)Nc1cccc(F)c1F)C(N)=NO. The van der Waals surface area contributed by atoms with Gasteiger partial charge in [-0.1, -0.05) is 25.1 Å². The molecule has 20 heavy (non-hydrogen) atoms. The number of nitrogens with zero attached hydrogens (tertiary/aromatic N) is 1. The average Bonchev–Trinajstić information content (AvgIpc) is 2.45. The zero-order chi connectivity index (χ0) is 15.3. The summed E-state index contributed by atoms with van der Waals surface area (Å²) in [6, 6.07) is 3.46. The zero-order valence-electron chi connectivity index (χ0n) is 11.3. The van der Waals surface area contributed by atoms with E-state index in [9.17, 15) is 13.6 Å². The summed E-state index contributed by atoms with van der Waals surface area (Å²) in [6.07, 6.45) is 0.504. The molecular formula is C13H17F2N3O2. The molecule has 0 aliphatic carbocycles. The molecule has 0 aliphatic heterocycles. The minimum atomic E-state index is -1.27. The predicted octanol–water partition coefficient (Wildman–Crippen LogP) is 2.46. The van der Waals surface area contributed by atoms with Crippen molar-refractivity contribution in [2.45, 2.75) is 26.7 Å². The van der Waals surface area contributed by atoms with Crippen molar-refractivity contribution in [1.82, 2.24) is 0 Å². The Morgan fingerprint density at radius 2 is 2.00 bits per heavy atom. The molecule has 0 heterocycles. The maximum absolute atomic E-state index is 13.5. The number of nitrogens with one attached hydrogen (secondary N) is 1. The number of oxime groups is 1. The van der Waals surface area contributed by atoms with Gasteiger partial charge < -0.3 is 16.3 Å². The van der Waals surface area contributed by atoms with Gasteiger partial charge in [0.15, 0.2) is 17.5 Å². The number of halogens is 2. The molecule has 0 bridgehead atoms. The second kappa shape index (κ2) is 6.31. The van der Waals surface area contributed by atoms with Gasteiger partial charge in [-0.25, -0.2) is 8.78 Å². The van der Waals surface area contributed by atoms with E-state index in [1.54, 1.807) is 13.8 Å². The van der Waals surface area contributed by atoms with Gasteiger partial charge >= 0.3 is 0 Å². The Morgan fingerprint density at radius 1 is 1.40 bits per heavy atom. The van der Waals surface area contributed by atoms with E-state index in [0.717, 1.165) is 6.07 Å². The standard InChI is InChI=1S/C13H17F2N3O2/c1-3-13(4-2,11(16)18-20)12(19)17-9-7-5-6-8(14)10(9)15/h5-7,20H,3-4H2,1-2H3,(H2,16,18)(H,17,19). The first-order valence-corrected chi connectivity index (χ1v) is 6.16. The summed E-state index contributed by atoms with van der Waals surface area (Å²) in [5.74, 6) is -3.13. The van der Waals surface area contributed by atoms with Gasteiger partial charge in [0.2, 0.25) is 5.91 Å². The molecule has 1 aromatic carbocycles. The number of nitrogens with two attached hydrogens (primary N) is 1. The number of anilines is 1. The van der Waals surface area contributed by atoms with Gasteiger partial charge in [-0.15, -0.1) is 0 Å². The third-order valence-corrected chi connectivity index (χ3v) is 3.44. The van der Waals surface area contributed by atoms with Gasteiger partial charge in [0.1, 0.15) is 5.41 Å². The molecule has 1 rings (SSSR count). The molecule has 0 fully saturated rings. The molecule has 5 nitrogen and oxygen atoms in total. The van der Waals surface area contributed by atoms with Crippen LogP contribution in [0.3, 0.4) is 0 Å². The average molecular weight is 285 g/mol. The largest absolute Gasteiger partial charge is 0.409 e. The summed E-state index contributed by atoms with van der Waals surface area (Å²) in [4.78, 5) is 12.3. The molecule has 0 saturated carbocycles. The molecule has 0 saturated heterocycles. The normalized spacial score (nSPS) is 12.3. The van der Waals surface area contributed by atoms with Crippen molar-refractivity contribution >= 4 is 17.4 Å². The Bertz CT molecular complexity index is 528. The third-order valence-electron chi connectivity index (χ3n) is 3.44. The van der Waals surface area contributed by atoms with Crippen LogP contribution >= 0.6 is 0 Å². The highest BCUT2D eigenvalue weighted by molar-refractivity contribution is 6.11. The van der Waals surface area contributed by atoms with Crippen molar-refractivity contribution < 1.29 is 18.8 Å². The summed E-state index contributed by atoms with van der Waals surface area (Å²) in [5.41, 5.74) is 4.01. The topological polar surface area (TPSA) is 87.7 Å². The molecule has 0 aliphatic rings. The Labute approximate surface area is 115 Å². The van der Waals surface area contributed by atoms with Gasteiger partial charge in [0.05, 0.1) is 5.69 Å². The lowest BCUT2D eigenvalue weighted by atomic mass is 9.80. The summed E-state index contributed by atoms with van der Waals surface area (Å²) in [7, 11) is 0. The van der Waals surface area contributed by atoms with Crippen LogP contribution in [-0.4, -0.2) is 17.0 Å². The number of hydrogen-bond donors (Lipinski definition) is 3. The lowest BCUT2D eigenvalue weighted by molar-refractivity contribution is -0.122. The van der Waals surface area contributed by atoms with E-state index in [1.165, 1.54) is 12.1 Å². The van der Waals surface area contributed by atoms with Crippen LogP contribution in [0.15, 0.2) is 23.4 Å². The number of carbonyl (C=O) groups is 1. The van der Waals surface area contributed by atoms with Crippen molar-refractivity contribution in [3.05, 3.63) is 29.8 Å². The van der Waals surface area contributed by atoms with Crippen molar-refractivity contribution in [2.75, 3.05) is 5.32 Å². The van der Waals surface area contributed by atoms with E-state index < -0.39 is 23.0 Å². The zero-order valence-corrected chi connectivity index (χ0v) is 11.3. The molecule has 0 spiro atoms. The minimum Gasteiger partial charge on any atom is -0.409 e. The van der Waals surface area contributed by atoms with Gasteiger partial charge in [0, 0.05) is 0 Å². The van der Waals surface area contributed by atoms with Crippen molar-refractivity contribution in [3.63, 3.8) is 0 Å². The van der Waals surface area contributed by atoms with E-state index in [2.05, 4.69) is 10.5 Å². The Morgan fingerprint density at radius 3 is 2.50 bits per heavy atom. The number of carbonyl (C=O) groups excluding carboxylic acids is 1. The first kappa shape index (κ1) is 15.9. The van der Waals surface area contributed by atoms with Crippen LogP contribution in [0.1, 0.15) is 26.7 Å². The van der Waals surface area contributed by atoms with E-state index in [-0.39, 0.29) is 24.4 Å². The summed E-state index contributed by atoms with van der Waals surface area (Å²) >= 11 is 0.